The molecule has 0 rings (SSSR count). The molecule has 0 aliphatic carbocycles. The van der Waals surface area contributed by atoms with Gasteiger partial charge in [0.25, 0.3) is 12.5 Å². The van der Waals surface area contributed by atoms with E-state index < -0.39 is 0 Å². The minimum Gasteiger partial charge on any atom is -0.464 e. The summed E-state index contributed by atoms with van der Waals surface area (Å²) in [6.45, 7) is 3.54. The summed E-state index contributed by atoms with van der Waals surface area (Å²) >= 11 is 0. The molecule has 0 heterocycles. The number of unbranched alkanes of at least 4 members (excludes halogenated alkanes) is 3. The summed E-state index contributed by atoms with van der Waals surface area (Å²) in [5.41, 5.74) is 0. The number of esters is 1. The van der Waals surface area contributed by atoms with Gasteiger partial charge in [0.15, 0.2) is 0 Å². The number of nitriles is 2. The highest BCUT2D eigenvalue weighted by molar-refractivity contribution is 5.69. The zero-order valence-electron chi connectivity index (χ0n) is 19.9. The number of aliphatic imine (C=N–C) groups is 1. The Morgan fingerprint density at radius 2 is 1.44 bits per heavy atom. The minimum absolute atomic E-state index is 0.150. The van der Waals surface area contributed by atoms with Gasteiger partial charge in [0.05, 0.1) is 13.2 Å². The molecule has 0 amide bonds. The Balaban J connectivity index is -0.000000446. The maximum absolute atomic E-state index is 11.2. The number of ether oxygens (including phenoxy) is 3. The highest BCUT2D eigenvalue weighted by atomic mass is 16.5. The Labute approximate surface area is 192 Å². The molecule has 184 valence electrons. The molecule has 11 heteroatoms. The standard InChI is InChI=1S/C11H20N2O3.C6H8N2O2.C4H11NO/c1-13(2)7-9-16-11(14)6-4-3-5-8-15-10-12;7-5-10-4-2-1-3-8-6-9;1-5(2)3-4-6/h3-9H2,1-2H3;1-4H2;6H,3-4H2,1-2H3. The van der Waals surface area contributed by atoms with E-state index in [9.17, 15) is 9.59 Å². The van der Waals surface area contributed by atoms with E-state index in [-0.39, 0.29) is 12.6 Å². The summed E-state index contributed by atoms with van der Waals surface area (Å²) in [6.07, 6.45) is 9.01. The van der Waals surface area contributed by atoms with Crippen LogP contribution in [0.15, 0.2) is 4.99 Å². The highest BCUT2D eigenvalue weighted by Gasteiger charge is 2.02. The molecule has 0 aromatic heterocycles. The molecule has 11 nitrogen and oxygen atoms in total. The number of rotatable bonds is 16. The predicted molar refractivity (Wildman–Crippen MR) is 119 cm³/mol. The van der Waals surface area contributed by atoms with Gasteiger partial charge in [0, 0.05) is 19.5 Å². The summed E-state index contributed by atoms with van der Waals surface area (Å²) in [7, 11) is 7.72. The number of likely N-dealkylation sites (N-methyl/N-ethyl adjacent to an activating group) is 2. The molecule has 0 unspecified atom stereocenters. The average molecular weight is 458 g/mol. The third-order valence-corrected chi connectivity index (χ3v) is 3.44. The first kappa shape index (κ1) is 33.9. The van der Waals surface area contributed by atoms with E-state index in [1.165, 1.54) is 6.08 Å². The molecule has 32 heavy (non-hydrogen) atoms. The Morgan fingerprint density at radius 3 is 1.88 bits per heavy atom. The second-order valence-corrected chi connectivity index (χ2v) is 6.92. The molecular formula is C21H39N5O6. The monoisotopic (exact) mass is 457 g/mol. The summed E-state index contributed by atoms with van der Waals surface area (Å²) in [5, 5.41) is 24.2. The largest absolute Gasteiger partial charge is 0.464 e. The third-order valence-electron chi connectivity index (χ3n) is 3.44. The van der Waals surface area contributed by atoms with Gasteiger partial charge < -0.3 is 29.1 Å². The molecule has 1 N–H and O–H groups in total. The molecule has 0 atom stereocenters. The van der Waals surface area contributed by atoms with Crippen LogP contribution in [0.3, 0.4) is 0 Å². The van der Waals surface area contributed by atoms with Gasteiger partial charge in [-0.3, -0.25) is 4.79 Å². The maximum atomic E-state index is 11.2. The van der Waals surface area contributed by atoms with Crippen LogP contribution in [0, 0.1) is 23.0 Å². The lowest BCUT2D eigenvalue weighted by atomic mass is 10.2. The van der Waals surface area contributed by atoms with E-state index in [0.29, 0.717) is 32.8 Å². The minimum atomic E-state index is -0.150. The van der Waals surface area contributed by atoms with E-state index in [1.807, 2.05) is 38.0 Å². The van der Waals surface area contributed by atoms with Gasteiger partial charge in [-0.2, -0.15) is 10.5 Å². The molecule has 0 aliphatic heterocycles. The fourth-order valence-electron chi connectivity index (χ4n) is 1.74. The number of aliphatic hydroxyl groups excluding tert-OH is 1. The van der Waals surface area contributed by atoms with Crippen molar-refractivity contribution >= 4 is 12.0 Å². The van der Waals surface area contributed by atoms with Crippen molar-refractivity contribution in [3.8, 4) is 12.5 Å². The van der Waals surface area contributed by atoms with Gasteiger partial charge >= 0.3 is 5.97 Å². The SMILES string of the molecule is CN(C)CCO.CN(C)CCOC(=O)CCCCCOC#N.N#COCCCCN=C=O. The van der Waals surface area contributed by atoms with Gasteiger partial charge in [-0.05, 0) is 60.3 Å². The number of carbonyl (C=O) groups excluding carboxylic acids is 2. The molecule has 0 aromatic carbocycles. The lowest BCUT2D eigenvalue weighted by Gasteiger charge is -2.09. The van der Waals surface area contributed by atoms with Crippen LogP contribution in [0.5, 0.6) is 0 Å². The zero-order chi connectivity index (χ0) is 24.9. The van der Waals surface area contributed by atoms with Crippen molar-refractivity contribution in [3.05, 3.63) is 0 Å². The Hall–Kier alpha value is -2.69. The van der Waals surface area contributed by atoms with Crippen LogP contribution >= 0.6 is 0 Å². The molecule has 0 aromatic rings. The van der Waals surface area contributed by atoms with Crippen LogP contribution in [-0.2, 0) is 23.8 Å². The molecule has 0 aliphatic rings. The summed E-state index contributed by atoms with van der Waals surface area (Å²) in [6, 6.07) is 0. The number of hydrogen-bond donors (Lipinski definition) is 1. The van der Waals surface area contributed by atoms with E-state index in [2.05, 4.69) is 14.5 Å². The van der Waals surface area contributed by atoms with Gasteiger partial charge in [-0.1, -0.05) is 0 Å². The van der Waals surface area contributed by atoms with Crippen LogP contribution in [-0.4, -0.2) is 101 Å². The molecule has 0 spiro atoms. The second kappa shape index (κ2) is 30.5. The fraction of sp³-hybridized carbons (Fsp3) is 0.810. The smallest absolute Gasteiger partial charge is 0.305 e. The predicted octanol–water partition coefficient (Wildman–Crippen LogP) is 1.29. The molecule has 0 saturated carbocycles. The zero-order valence-corrected chi connectivity index (χ0v) is 19.9. The van der Waals surface area contributed by atoms with Gasteiger partial charge in [0.2, 0.25) is 6.08 Å². The van der Waals surface area contributed by atoms with Gasteiger partial charge in [0.1, 0.15) is 19.8 Å². The first-order valence-electron chi connectivity index (χ1n) is 10.5. The Morgan fingerprint density at radius 1 is 0.875 bits per heavy atom. The molecule has 0 fully saturated rings. The van der Waals surface area contributed by atoms with Crippen LogP contribution in [0.4, 0.5) is 0 Å². The lowest BCUT2D eigenvalue weighted by molar-refractivity contribution is -0.144. The summed E-state index contributed by atoms with van der Waals surface area (Å²) < 4.78 is 13.9. The van der Waals surface area contributed by atoms with Gasteiger partial charge in [-0.15, -0.1) is 0 Å². The van der Waals surface area contributed by atoms with Crippen molar-refractivity contribution in [1.82, 2.24) is 9.80 Å². The summed E-state index contributed by atoms with van der Waals surface area (Å²) in [5.74, 6) is -0.150. The number of aliphatic hydroxyl groups is 1. The van der Waals surface area contributed by atoms with Crippen molar-refractivity contribution in [1.29, 1.82) is 10.5 Å². The molecule has 0 radical (unpaired) electrons. The number of nitrogens with zero attached hydrogens (tertiary/aromatic N) is 5. The first-order chi connectivity index (χ1) is 15.3. The molecule has 0 saturated heterocycles. The van der Waals surface area contributed by atoms with Crippen LogP contribution in [0.2, 0.25) is 0 Å². The van der Waals surface area contributed by atoms with Crippen molar-refractivity contribution in [2.45, 2.75) is 38.5 Å². The van der Waals surface area contributed by atoms with Crippen LogP contribution < -0.4 is 0 Å². The normalized spacial score (nSPS) is 9.16. The fourth-order valence-corrected chi connectivity index (χ4v) is 1.74. The number of isocyanates is 1. The number of hydrogen-bond acceptors (Lipinski definition) is 11. The maximum Gasteiger partial charge on any atom is 0.305 e. The van der Waals surface area contributed by atoms with E-state index in [4.69, 9.17) is 20.4 Å². The molecule has 0 bridgehead atoms. The first-order valence-corrected chi connectivity index (χ1v) is 10.5. The number of carbonyl (C=O) groups is 1. The summed E-state index contributed by atoms with van der Waals surface area (Å²) in [4.78, 5) is 27.9. The van der Waals surface area contributed by atoms with E-state index in [1.54, 1.807) is 12.5 Å². The lowest BCUT2D eigenvalue weighted by Crippen LogP contribution is -2.20. The van der Waals surface area contributed by atoms with Crippen molar-refractivity contribution in [3.63, 3.8) is 0 Å². The Bertz CT molecular complexity index is 540. The van der Waals surface area contributed by atoms with E-state index >= 15 is 0 Å². The van der Waals surface area contributed by atoms with Crippen molar-refractivity contribution in [2.24, 2.45) is 4.99 Å². The quantitative estimate of drug-likeness (QED) is 0.118. The van der Waals surface area contributed by atoms with Gasteiger partial charge in [-0.25, -0.2) is 9.79 Å². The third kappa shape index (κ3) is 41.6. The van der Waals surface area contributed by atoms with Crippen molar-refractivity contribution < 1.29 is 28.9 Å². The Kier molecular flexibility index (Phi) is 32.3. The topological polar surface area (TPSA) is 148 Å². The van der Waals surface area contributed by atoms with Crippen LogP contribution in [0.25, 0.3) is 0 Å². The second-order valence-electron chi connectivity index (χ2n) is 6.92. The van der Waals surface area contributed by atoms with Crippen LogP contribution in [0.1, 0.15) is 38.5 Å². The molecular weight excluding hydrogens is 418 g/mol. The van der Waals surface area contributed by atoms with E-state index in [0.717, 1.165) is 45.2 Å². The average Bonchev–Trinajstić information content (AvgIpc) is 2.74. The highest BCUT2D eigenvalue weighted by Crippen LogP contribution is 2.01. The van der Waals surface area contributed by atoms with Crippen molar-refractivity contribution in [2.75, 3.05) is 74.3 Å².